The summed E-state index contributed by atoms with van der Waals surface area (Å²) in [7, 11) is 0. The Kier molecular flexibility index (Phi) is 7.75. The average Bonchev–Trinajstić information content (AvgIpc) is 2.79. The zero-order valence-electron chi connectivity index (χ0n) is 17.6. The summed E-state index contributed by atoms with van der Waals surface area (Å²) in [5.41, 5.74) is 0.788. The van der Waals surface area contributed by atoms with Crippen molar-refractivity contribution in [2.75, 3.05) is 25.0 Å². The molecule has 0 spiro atoms. The first kappa shape index (κ1) is 23.2. The van der Waals surface area contributed by atoms with Gasteiger partial charge in [0.15, 0.2) is 0 Å². The molecular weight excluding hydrogens is 422 g/mol. The summed E-state index contributed by atoms with van der Waals surface area (Å²) >= 11 is 0. The van der Waals surface area contributed by atoms with Crippen LogP contribution in [0.15, 0.2) is 48.5 Å². The van der Waals surface area contributed by atoms with Gasteiger partial charge in [-0.2, -0.15) is 8.78 Å². The summed E-state index contributed by atoms with van der Waals surface area (Å²) in [6, 6.07) is 12.2. The first-order valence-electron chi connectivity index (χ1n) is 10.3. The van der Waals surface area contributed by atoms with Crippen LogP contribution in [0.5, 0.6) is 5.75 Å². The molecule has 1 N–H and O–H groups in total. The standard InChI is InChI=1S/C23H24F2N2O5/c1-2-31-22(30)15-7-5-9-17(13-15)26-20(28)16-8-6-12-27(14-16)21(29)18-10-3-4-11-19(18)32-23(24)25/h3-5,7,9-11,13,16,23H,2,6,8,12,14H2,1H3,(H,26,28). The quantitative estimate of drug-likeness (QED) is 0.651. The first-order valence-corrected chi connectivity index (χ1v) is 10.3. The van der Waals surface area contributed by atoms with Gasteiger partial charge in [0.05, 0.1) is 23.7 Å². The minimum Gasteiger partial charge on any atom is -0.462 e. The Labute approximate surface area is 184 Å². The predicted octanol–water partition coefficient (Wildman–Crippen LogP) is 3.96. The van der Waals surface area contributed by atoms with Crippen molar-refractivity contribution in [2.24, 2.45) is 5.92 Å². The van der Waals surface area contributed by atoms with Crippen molar-refractivity contribution in [2.45, 2.75) is 26.4 Å². The molecule has 170 valence electrons. The van der Waals surface area contributed by atoms with Gasteiger partial charge in [0.25, 0.3) is 5.91 Å². The number of rotatable bonds is 7. The van der Waals surface area contributed by atoms with Crippen LogP contribution in [0.4, 0.5) is 14.5 Å². The second-order valence-electron chi connectivity index (χ2n) is 7.26. The summed E-state index contributed by atoms with van der Waals surface area (Å²) in [4.78, 5) is 39.1. The predicted molar refractivity (Wildman–Crippen MR) is 113 cm³/mol. The lowest BCUT2D eigenvalue weighted by Crippen LogP contribution is -2.43. The molecule has 7 nitrogen and oxygen atoms in total. The van der Waals surface area contributed by atoms with E-state index >= 15 is 0 Å². The molecule has 1 atom stereocenters. The van der Waals surface area contributed by atoms with Gasteiger partial charge >= 0.3 is 12.6 Å². The first-order chi connectivity index (χ1) is 15.4. The topological polar surface area (TPSA) is 84.9 Å². The van der Waals surface area contributed by atoms with E-state index in [-0.39, 0.29) is 30.4 Å². The summed E-state index contributed by atoms with van der Waals surface area (Å²) in [6.45, 7) is -0.547. The van der Waals surface area contributed by atoms with Crippen molar-refractivity contribution in [1.82, 2.24) is 4.90 Å². The van der Waals surface area contributed by atoms with Gasteiger partial charge in [-0.3, -0.25) is 9.59 Å². The number of carbonyl (C=O) groups excluding carboxylic acids is 3. The van der Waals surface area contributed by atoms with E-state index in [9.17, 15) is 23.2 Å². The molecule has 0 bridgehead atoms. The number of nitrogens with zero attached hydrogens (tertiary/aromatic N) is 1. The summed E-state index contributed by atoms with van der Waals surface area (Å²) in [5, 5.41) is 2.78. The second kappa shape index (κ2) is 10.7. The number of ether oxygens (including phenoxy) is 2. The Hall–Kier alpha value is -3.49. The van der Waals surface area contributed by atoms with Crippen LogP contribution >= 0.6 is 0 Å². The van der Waals surface area contributed by atoms with Gasteiger partial charge in [-0.25, -0.2) is 4.79 Å². The maximum Gasteiger partial charge on any atom is 0.387 e. The highest BCUT2D eigenvalue weighted by Gasteiger charge is 2.30. The molecule has 1 aliphatic heterocycles. The number of hydrogen-bond donors (Lipinski definition) is 1. The molecule has 0 aromatic heterocycles. The zero-order valence-corrected chi connectivity index (χ0v) is 17.6. The normalized spacial score (nSPS) is 15.9. The van der Waals surface area contributed by atoms with Gasteiger partial charge in [0.1, 0.15) is 5.75 Å². The lowest BCUT2D eigenvalue weighted by atomic mass is 9.96. The lowest BCUT2D eigenvalue weighted by molar-refractivity contribution is -0.121. The highest BCUT2D eigenvalue weighted by Crippen LogP contribution is 2.26. The van der Waals surface area contributed by atoms with E-state index < -0.39 is 24.4 Å². The van der Waals surface area contributed by atoms with Gasteiger partial charge in [-0.1, -0.05) is 18.2 Å². The van der Waals surface area contributed by atoms with Crippen molar-refractivity contribution in [3.05, 3.63) is 59.7 Å². The molecule has 0 saturated carbocycles. The highest BCUT2D eigenvalue weighted by molar-refractivity contribution is 5.98. The number of likely N-dealkylation sites (tertiary alicyclic amines) is 1. The third-order valence-electron chi connectivity index (χ3n) is 5.05. The SMILES string of the molecule is CCOC(=O)c1cccc(NC(=O)C2CCCN(C(=O)c3ccccc3OC(F)F)C2)c1. The molecule has 1 saturated heterocycles. The minimum atomic E-state index is -3.05. The minimum absolute atomic E-state index is 0.0241. The van der Waals surface area contributed by atoms with Crippen LogP contribution in [0.2, 0.25) is 0 Å². The van der Waals surface area contributed by atoms with Gasteiger partial charge in [-0.15, -0.1) is 0 Å². The van der Waals surface area contributed by atoms with E-state index in [2.05, 4.69) is 10.1 Å². The highest BCUT2D eigenvalue weighted by atomic mass is 19.3. The molecule has 1 heterocycles. The number of benzene rings is 2. The van der Waals surface area contributed by atoms with E-state index in [0.717, 1.165) is 0 Å². The molecular formula is C23H24F2N2O5. The number of para-hydroxylation sites is 1. The van der Waals surface area contributed by atoms with Crippen molar-refractivity contribution in [1.29, 1.82) is 0 Å². The van der Waals surface area contributed by atoms with E-state index in [1.165, 1.54) is 29.2 Å². The van der Waals surface area contributed by atoms with E-state index in [1.807, 2.05) is 0 Å². The third kappa shape index (κ3) is 5.81. The Morgan fingerprint density at radius 1 is 1.16 bits per heavy atom. The number of alkyl halides is 2. The van der Waals surface area contributed by atoms with Crippen molar-refractivity contribution in [3.63, 3.8) is 0 Å². The molecule has 2 aromatic rings. The number of piperidine rings is 1. The largest absolute Gasteiger partial charge is 0.462 e. The molecule has 1 aliphatic rings. The van der Waals surface area contributed by atoms with Crippen molar-refractivity contribution >= 4 is 23.5 Å². The van der Waals surface area contributed by atoms with E-state index in [0.29, 0.717) is 30.6 Å². The van der Waals surface area contributed by atoms with Gasteiger partial charge in [0.2, 0.25) is 5.91 Å². The zero-order chi connectivity index (χ0) is 23.1. The van der Waals surface area contributed by atoms with Crippen LogP contribution in [0.25, 0.3) is 0 Å². The van der Waals surface area contributed by atoms with Crippen LogP contribution in [-0.2, 0) is 9.53 Å². The summed E-state index contributed by atoms with van der Waals surface area (Å²) < 4.78 is 34.8. The maximum absolute atomic E-state index is 12.9. The fourth-order valence-corrected chi connectivity index (χ4v) is 3.57. The van der Waals surface area contributed by atoms with Crippen molar-refractivity contribution < 1.29 is 32.6 Å². The van der Waals surface area contributed by atoms with Crippen LogP contribution in [-0.4, -0.2) is 49.0 Å². The number of nitrogens with one attached hydrogen (secondary N) is 1. The Balaban J connectivity index is 1.67. The fraction of sp³-hybridized carbons (Fsp3) is 0.348. The Morgan fingerprint density at radius 2 is 1.94 bits per heavy atom. The lowest BCUT2D eigenvalue weighted by Gasteiger charge is -2.32. The van der Waals surface area contributed by atoms with Gasteiger partial charge in [-0.05, 0) is 50.1 Å². The molecule has 2 aromatic carbocycles. The molecule has 9 heteroatoms. The van der Waals surface area contributed by atoms with Gasteiger partial charge in [0, 0.05) is 18.8 Å². The smallest absolute Gasteiger partial charge is 0.387 e. The van der Waals surface area contributed by atoms with Gasteiger partial charge < -0.3 is 19.7 Å². The number of amides is 2. The summed E-state index contributed by atoms with van der Waals surface area (Å²) in [5.74, 6) is -1.93. The summed E-state index contributed by atoms with van der Waals surface area (Å²) in [6.07, 6.45) is 1.16. The van der Waals surface area contributed by atoms with Crippen molar-refractivity contribution in [3.8, 4) is 5.75 Å². The molecule has 0 radical (unpaired) electrons. The number of anilines is 1. The number of halogens is 2. The van der Waals surface area contributed by atoms with Crippen LogP contribution in [0.3, 0.4) is 0 Å². The molecule has 1 fully saturated rings. The van der Waals surface area contributed by atoms with E-state index in [1.54, 1.807) is 31.2 Å². The van der Waals surface area contributed by atoms with Crippen LogP contribution in [0, 0.1) is 5.92 Å². The Morgan fingerprint density at radius 3 is 2.69 bits per heavy atom. The van der Waals surface area contributed by atoms with Crippen LogP contribution < -0.4 is 10.1 Å². The molecule has 0 aliphatic carbocycles. The van der Waals surface area contributed by atoms with Crippen LogP contribution in [0.1, 0.15) is 40.5 Å². The monoisotopic (exact) mass is 446 g/mol. The molecule has 3 rings (SSSR count). The number of carbonyl (C=O) groups is 3. The number of hydrogen-bond acceptors (Lipinski definition) is 5. The second-order valence-corrected chi connectivity index (χ2v) is 7.26. The number of esters is 1. The molecule has 32 heavy (non-hydrogen) atoms. The Bertz CT molecular complexity index is 982. The molecule has 2 amide bonds. The van der Waals surface area contributed by atoms with E-state index in [4.69, 9.17) is 4.74 Å². The average molecular weight is 446 g/mol. The third-order valence-corrected chi connectivity index (χ3v) is 5.05. The fourth-order valence-electron chi connectivity index (χ4n) is 3.57. The maximum atomic E-state index is 12.9. The molecule has 1 unspecified atom stereocenters.